The van der Waals surface area contributed by atoms with E-state index >= 15 is 0 Å². The van der Waals surface area contributed by atoms with Crippen LogP contribution >= 0.6 is 0 Å². The molecule has 6 nitrogen and oxygen atoms in total. The predicted octanol–water partition coefficient (Wildman–Crippen LogP) is 1.03. The van der Waals surface area contributed by atoms with Crippen molar-refractivity contribution in [2.75, 3.05) is 11.9 Å². The zero-order valence-electron chi connectivity index (χ0n) is 12.4. The molecule has 118 valence electrons. The fourth-order valence-corrected chi connectivity index (χ4v) is 2.70. The third kappa shape index (κ3) is 6.70. The molecule has 5 N–H and O–H groups in total. The van der Waals surface area contributed by atoms with Crippen LogP contribution < -0.4 is 16.2 Å². The van der Waals surface area contributed by atoms with E-state index in [9.17, 15) is 13.2 Å². The molecule has 1 rings (SSSR count). The van der Waals surface area contributed by atoms with Crippen molar-refractivity contribution >= 4 is 21.6 Å². The largest absolute Gasteiger partial charge is 0.330 e. The maximum atomic E-state index is 12.1. The minimum absolute atomic E-state index is 0.120. The standard InChI is InChI=1S/C14H23N3O3S/c1-10(2)7-12(8-15)14(18)17-13-5-3-11(4-6-13)9-21(16,19)20/h3-6,10,12H,7-9,15H2,1-2H3,(H,17,18)(H2,16,19,20). The summed E-state index contributed by atoms with van der Waals surface area (Å²) in [6.07, 6.45) is 0.728. The van der Waals surface area contributed by atoms with Gasteiger partial charge in [-0.05, 0) is 30.0 Å². The molecule has 0 aliphatic carbocycles. The second kappa shape index (κ2) is 7.53. The van der Waals surface area contributed by atoms with Crippen molar-refractivity contribution in [1.29, 1.82) is 0 Å². The SMILES string of the molecule is CC(C)CC(CN)C(=O)Nc1ccc(CS(N)(=O)=O)cc1. The van der Waals surface area contributed by atoms with Gasteiger partial charge in [0.15, 0.2) is 0 Å². The smallest absolute Gasteiger partial charge is 0.228 e. The molecule has 0 heterocycles. The molecule has 0 aromatic heterocycles. The number of sulfonamides is 1. The van der Waals surface area contributed by atoms with Gasteiger partial charge in [0.05, 0.1) is 11.7 Å². The topological polar surface area (TPSA) is 115 Å². The summed E-state index contributed by atoms with van der Waals surface area (Å²) in [6.45, 7) is 4.38. The van der Waals surface area contributed by atoms with Gasteiger partial charge in [-0.3, -0.25) is 4.79 Å². The molecule has 0 spiro atoms. The number of carbonyl (C=O) groups is 1. The number of amides is 1. The van der Waals surface area contributed by atoms with Crippen LogP contribution in [0.4, 0.5) is 5.69 Å². The summed E-state index contributed by atoms with van der Waals surface area (Å²) in [5, 5.41) is 7.77. The first kappa shape index (κ1) is 17.6. The van der Waals surface area contributed by atoms with Crippen LogP contribution in [-0.4, -0.2) is 20.9 Å². The van der Waals surface area contributed by atoms with Crippen molar-refractivity contribution in [3.63, 3.8) is 0 Å². The van der Waals surface area contributed by atoms with Gasteiger partial charge >= 0.3 is 0 Å². The number of primary sulfonamides is 1. The van der Waals surface area contributed by atoms with Gasteiger partial charge in [0, 0.05) is 12.2 Å². The number of benzene rings is 1. The highest BCUT2D eigenvalue weighted by molar-refractivity contribution is 7.88. The lowest BCUT2D eigenvalue weighted by Gasteiger charge is -2.16. The Kier molecular flexibility index (Phi) is 6.32. The number of nitrogens with one attached hydrogen (secondary N) is 1. The highest BCUT2D eigenvalue weighted by Crippen LogP contribution is 2.15. The number of hydrogen-bond donors (Lipinski definition) is 3. The monoisotopic (exact) mass is 313 g/mol. The third-order valence-electron chi connectivity index (χ3n) is 3.00. The van der Waals surface area contributed by atoms with E-state index in [1.165, 1.54) is 0 Å². The van der Waals surface area contributed by atoms with Crippen LogP contribution in [-0.2, 0) is 20.6 Å². The van der Waals surface area contributed by atoms with Gasteiger partial charge in [-0.15, -0.1) is 0 Å². The predicted molar refractivity (Wildman–Crippen MR) is 83.9 cm³/mol. The van der Waals surface area contributed by atoms with E-state index in [1.807, 2.05) is 13.8 Å². The Morgan fingerprint density at radius 3 is 2.24 bits per heavy atom. The molecule has 1 amide bonds. The fraction of sp³-hybridized carbons (Fsp3) is 0.500. The summed E-state index contributed by atoms with van der Waals surface area (Å²) in [6, 6.07) is 6.56. The molecular weight excluding hydrogens is 290 g/mol. The van der Waals surface area contributed by atoms with E-state index in [2.05, 4.69) is 5.32 Å². The second-order valence-corrected chi connectivity index (χ2v) is 7.17. The van der Waals surface area contributed by atoms with Crippen molar-refractivity contribution in [3.05, 3.63) is 29.8 Å². The molecule has 0 bridgehead atoms. The van der Waals surface area contributed by atoms with Crippen LogP contribution in [0.1, 0.15) is 25.8 Å². The minimum atomic E-state index is -3.55. The van der Waals surface area contributed by atoms with Crippen LogP contribution in [0.3, 0.4) is 0 Å². The summed E-state index contributed by atoms with van der Waals surface area (Å²) in [7, 11) is -3.55. The summed E-state index contributed by atoms with van der Waals surface area (Å²) < 4.78 is 22.0. The Hall–Kier alpha value is -1.44. The van der Waals surface area contributed by atoms with Crippen LogP contribution in [0, 0.1) is 11.8 Å². The average Bonchev–Trinajstić information content (AvgIpc) is 2.36. The van der Waals surface area contributed by atoms with Gasteiger partial charge in [-0.1, -0.05) is 26.0 Å². The Bertz CT molecular complexity index is 568. The van der Waals surface area contributed by atoms with Crippen LogP contribution in [0.2, 0.25) is 0 Å². The minimum Gasteiger partial charge on any atom is -0.330 e. The fourth-order valence-electron chi connectivity index (χ4n) is 2.04. The van der Waals surface area contributed by atoms with Gasteiger partial charge in [0.25, 0.3) is 0 Å². The second-order valence-electron chi connectivity index (χ2n) is 5.56. The molecule has 0 aliphatic heterocycles. The van der Waals surface area contributed by atoms with Crippen molar-refractivity contribution in [3.8, 4) is 0 Å². The van der Waals surface area contributed by atoms with Crippen LogP contribution in [0.5, 0.6) is 0 Å². The van der Waals surface area contributed by atoms with E-state index in [4.69, 9.17) is 10.9 Å². The number of carbonyl (C=O) groups excluding carboxylic acids is 1. The first-order chi connectivity index (χ1) is 9.71. The lowest BCUT2D eigenvalue weighted by atomic mass is 9.96. The molecule has 0 saturated heterocycles. The molecule has 1 unspecified atom stereocenters. The zero-order valence-corrected chi connectivity index (χ0v) is 13.2. The molecule has 1 aromatic carbocycles. The van der Waals surface area contributed by atoms with E-state index in [-0.39, 0.29) is 17.6 Å². The molecule has 0 saturated carbocycles. The molecule has 7 heteroatoms. The molecule has 0 fully saturated rings. The van der Waals surface area contributed by atoms with Crippen molar-refractivity contribution < 1.29 is 13.2 Å². The van der Waals surface area contributed by atoms with E-state index in [0.717, 1.165) is 6.42 Å². The maximum Gasteiger partial charge on any atom is 0.228 e. The first-order valence-electron chi connectivity index (χ1n) is 6.81. The third-order valence-corrected chi connectivity index (χ3v) is 3.74. The highest BCUT2D eigenvalue weighted by atomic mass is 32.2. The molecule has 1 atom stereocenters. The number of rotatable bonds is 7. The quantitative estimate of drug-likeness (QED) is 0.697. The van der Waals surface area contributed by atoms with E-state index in [1.54, 1.807) is 24.3 Å². The Balaban J connectivity index is 2.68. The zero-order chi connectivity index (χ0) is 16.0. The molecule has 0 radical (unpaired) electrons. The molecular formula is C14H23N3O3S. The summed E-state index contributed by atoms with van der Waals surface area (Å²) in [5.41, 5.74) is 6.82. The Labute approximate surface area is 126 Å². The normalized spacial score (nSPS) is 13.2. The molecule has 0 aliphatic rings. The maximum absolute atomic E-state index is 12.1. The van der Waals surface area contributed by atoms with Crippen molar-refractivity contribution in [1.82, 2.24) is 0 Å². The van der Waals surface area contributed by atoms with E-state index in [0.29, 0.717) is 23.7 Å². The van der Waals surface area contributed by atoms with Gasteiger partial charge in [-0.2, -0.15) is 0 Å². The molecule has 21 heavy (non-hydrogen) atoms. The van der Waals surface area contributed by atoms with Crippen LogP contribution in [0.25, 0.3) is 0 Å². The lowest BCUT2D eigenvalue weighted by molar-refractivity contribution is -0.120. The highest BCUT2D eigenvalue weighted by Gasteiger charge is 2.18. The van der Waals surface area contributed by atoms with Gasteiger partial charge in [0.2, 0.25) is 15.9 Å². The van der Waals surface area contributed by atoms with Gasteiger partial charge in [0.1, 0.15) is 0 Å². The number of nitrogens with two attached hydrogens (primary N) is 2. The van der Waals surface area contributed by atoms with E-state index < -0.39 is 10.0 Å². The number of hydrogen-bond acceptors (Lipinski definition) is 4. The Morgan fingerprint density at radius 1 is 1.24 bits per heavy atom. The molecule has 1 aromatic rings. The lowest BCUT2D eigenvalue weighted by Crippen LogP contribution is -2.30. The first-order valence-corrected chi connectivity index (χ1v) is 8.53. The summed E-state index contributed by atoms with van der Waals surface area (Å²) in [5.74, 6) is -0.180. The Morgan fingerprint density at radius 2 is 1.81 bits per heavy atom. The van der Waals surface area contributed by atoms with Crippen molar-refractivity contribution in [2.24, 2.45) is 22.7 Å². The van der Waals surface area contributed by atoms with Gasteiger partial charge in [-0.25, -0.2) is 13.6 Å². The van der Waals surface area contributed by atoms with Gasteiger partial charge < -0.3 is 11.1 Å². The van der Waals surface area contributed by atoms with Crippen LogP contribution in [0.15, 0.2) is 24.3 Å². The average molecular weight is 313 g/mol. The number of anilines is 1. The summed E-state index contributed by atoms with van der Waals surface area (Å²) in [4.78, 5) is 12.1. The summed E-state index contributed by atoms with van der Waals surface area (Å²) >= 11 is 0. The van der Waals surface area contributed by atoms with Crippen molar-refractivity contribution in [2.45, 2.75) is 26.0 Å².